The Morgan fingerprint density at radius 1 is 1.18 bits per heavy atom. The van der Waals surface area contributed by atoms with Crippen LogP contribution in [0.25, 0.3) is 16.7 Å². The second kappa shape index (κ2) is 10.0. The van der Waals surface area contributed by atoms with Crippen LogP contribution < -0.4 is 11.1 Å². The number of allylic oxidation sites excluding steroid dienone is 2. The van der Waals surface area contributed by atoms with Gasteiger partial charge >= 0.3 is 0 Å². The van der Waals surface area contributed by atoms with Crippen LogP contribution in [0.4, 0.5) is 0 Å². The smallest absolute Gasteiger partial charge is 0.134 e. The van der Waals surface area contributed by atoms with Crippen LogP contribution >= 0.6 is 0 Å². The summed E-state index contributed by atoms with van der Waals surface area (Å²) in [6, 6.07) is 15.3. The summed E-state index contributed by atoms with van der Waals surface area (Å²) in [5.41, 5.74) is 13.5. The number of aromatic nitrogens is 2. The SMILES string of the molecule is C=C/C(=C(\N=C(/C)c1cccc(-c2ccn(C)c2)c1)N[C@H]1CC[C@@H](N)C1)c1ccc(C)nc1. The molecule has 1 aliphatic rings. The van der Waals surface area contributed by atoms with E-state index < -0.39 is 0 Å². The molecule has 0 amide bonds. The van der Waals surface area contributed by atoms with Crippen molar-refractivity contribution >= 4 is 11.3 Å². The standard InChI is InChI=1S/C28H33N5/c1-5-27(23-10-9-19(2)30-17-23)28(32-26-12-11-25(29)16-26)31-20(3)21-7-6-8-22(15-21)24-13-14-33(4)18-24/h5-10,13-15,17-18,25-26,32H,1,11-12,16,29H2,2-4H3/b28-27-,31-20+/t25-,26+/m1/s1. The molecule has 4 rings (SSSR count). The first-order chi connectivity index (χ1) is 15.9. The maximum Gasteiger partial charge on any atom is 0.134 e. The summed E-state index contributed by atoms with van der Waals surface area (Å²) >= 11 is 0. The van der Waals surface area contributed by atoms with Crippen molar-refractivity contribution in [2.24, 2.45) is 17.8 Å². The molecule has 3 N–H and O–H groups in total. The molecular formula is C28H33N5. The Morgan fingerprint density at radius 2 is 2.03 bits per heavy atom. The summed E-state index contributed by atoms with van der Waals surface area (Å²) in [5.74, 6) is 0.817. The average molecular weight is 440 g/mol. The molecule has 3 aromatic rings. The highest BCUT2D eigenvalue weighted by Crippen LogP contribution is 2.25. The van der Waals surface area contributed by atoms with E-state index in [1.54, 1.807) is 0 Å². The van der Waals surface area contributed by atoms with Gasteiger partial charge in [0, 0.05) is 60.3 Å². The summed E-state index contributed by atoms with van der Waals surface area (Å²) in [5, 5.41) is 3.67. The van der Waals surface area contributed by atoms with Gasteiger partial charge in [-0.15, -0.1) is 0 Å². The van der Waals surface area contributed by atoms with Gasteiger partial charge in [0.25, 0.3) is 0 Å². The van der Waals surface area contributed by atoms with Gasteiger partial charge in [0.2, 0.25) is 0 Å². The summed E-state index contributed by atoms with van der Waals surface area (Å²) in [6.45, 7) is 8.13. The molecular weight excluding hydrogens is 406 g/mol. The Balaban J connectivity index is 1.73. The van der Waals surface area contributed by atoms with Crippen molar-refractivity contribution in [3.05, 3.63) is 96.4 Å². The van der Waals surface area contributed by atoms with Crippen molar-refractivity contribution in [2.75, 3.05) is 0 Å². The van der Waals surface area contributed by atoms with Gasteiger partial charge in [0.15, 0.2) is 0 Å². The van der Waals surface area contributed by atoms with Crippen LogP contribution in [0.15, 0.2) is 84.5 Å². The van der Waals surface area contributed by atoms with E-state index in [1.807, 2.05) is 32.3 Å². The van der Waals surface area contributed by atoms with Gasteiger partial charge in [-0.1, -0.05) is 36.9 Å². The van der Waals surface area contributed by atoms with E-state index in [4.69, 9.17) is 10.7 Å². The highest BCUT2D eigenvalue weighted by Gasteiger charge is 2.23. The van der Waals surface area contributed by atoms with Crippen LogP contribution in [-0.2, 0) is 7.05 Å². The molecule has 0 saturated heterocycles. The first-order valence-electron chi connectivity index (χ1n) is 11.5. The van der Waals surface area contributed by atoms with Gasteiger partial charge in [-0.2, -0.15) is 0 Å². The third kappa shape index (κ3) is 5.49. The number of aliphatic imine (C=N–C) groups is 1. The minimum Gasteiger partial charge on any atom is -0.367 e. The van der Waals surface area contributed by atoms with E-state index in [0.717, 1.165) is 53.2 Å². The third-order valence-electron chi connectivity index (χ3n) is 6.22. The van der Waals surface area contributed by atoms with Crippen molar-refractivity contribution in [3.8, 4) is 11.1 Å². The minimum absolute atomic E-state index is 0.240. The van der Waals surface area contributed by atoms with Crippen LogP contribution in [0, 0.1) is 6.92 Å². The van der Waals surface area contributed by atoms with Crippen LogP contribution in [0.3, 0.4) is 0 Å². The van der Waals surface area contributed by atoms with Crippen molar-refractivity contribution in [2.45, 2.75) is 45.2 Å². The van der Waals surface area contributed by atoms with Crippen LogP contribution in [0.5, 0.6) is 0 Å². The number of nitrogens with two attached hydrogens (primary N) is 1. The van der Waals surface area contributed by atoms with Crippen molar-refractivity contribution in [3.63, 3.8) is 0 Å². The number of aryl methyl sites for hydroxylation is 2. The zero-order chi connectivity index (χ0) is 23.4. The van der Waals surface area contributed by atoms with Crippen LogP contribution in [-0.4, -0.2) is 27.3 Å². The van der Waals surface area contributed by atoms with Gasteiger partial charge in [-0.05, 0) is 68.0 Å². The second-order valence-corrected chi connectivity index (χ2v) is 8.91. The van der Waals surface area contributed by atoms with E-state index in [2.05, 4.69) is 77.2 Å². The lowest BCUT2D eigenvalue weighted by molar-refractivity contribution is 0.571. The molecule has 2 atom stereocenters. The number of benzene rings is 1. The number of hydrogen-bond donors (Lipinski definition) is 2. The van der Waals surface area contributed by atoms with Gasteiger partial charge in [0.05, 0.1) is 0 Å². The minimum atomic E-state index is 0.240. The fourth-order valence-corrected chi connectivity index (χ4v) is 4.32. The molecule has 1 saturated carbocycles. The fraction of sp³-hybridized carbons (Fsp3) is 0.286. The topological polar surface area (TPSA) is 68.2 Å². The molecule has 0 spiro atoms. The first kappa shape index (κ1) is 22.7. The summed E-state index contributed by atoms with van der Waals surface area (Å²) in [6.07, 6.45) is 10.9. The predicted molar refractivity (Wildman–Crippen MR) is 138 cm³/mol. The van der Waals surface area contributed by atoms with E-state index in [1.165, 1.54) is 11.1 Å². The van der Waals surface area contributed by atoms with Gasteiger partial charge < -0.3 is 15.6 Å². The molecule has 33 heavy (non-hydrogen) atoms. The van der Waals surface area contributed by atoms with E-state index in [9.17, 15) is 0 Å². The molecule has 5 nitrogen and oxygen atoms in total. The number of nitrogens with zero attached hydrogens (tertiary/aromatic N) is 3. The molecule has 1 aliphatic carbocycles. The molecule has 0 bridgehead atoms. The monoisotopic (exact) mass is 439 g/mol. The Morgan fingerprint density at radius 3 is 2.67 bits per heavy atom. The zero-order valence-electron chi connectivity index (χ0n) is 19.8. The summed E-state index contributed by atoms with van der Waals surface area (Å²) < 4.78 is 2.06. The normalized spacial score (nSPS) is 19.3. The highest BCUT2D eigenvalue weighted by molar-refractivity contribution is 6.00. The lowest BCUT2D eigenvalue weighted by atomic mass is 10.0. The van der Waals surface area contributed by atoms with Gasteiger partial charge in [0.1, 0.15) is 5.82 Å². The number of pyridine rings is 1. The molecule has 2 aromatic heterocycles. The average Bonchev–Trinajstić information content (AvgIpc) is 3.43. The third-order valence-corrected chi connectivity index (χ3v) is 6.22. The zero-order valence-corrected chi connectivity index (χ0v) is 19.8. The molecule has 0 aliphatic heterocycles. The lowest BCUT2D eigenvalue weighted by Gasteiger charge is -2.18. The Labute approximate surface area is 196 Å². The fourth-order valence-electron chi connectivity index (χ4n) is 4.32. The van der Waals surface area contributed by atoms with E-state index in [-0.39, 0.29) is 6.04 Å². The number of rotatable bonds is 7. The molecule has 0 radical (unpaired) electrons. The molecule has 2 heterocycles. The number of nitrogens with one attached hydrogen (secondary N) is 1. The summed E-state index contributed by atoms with van der Waals surface area (Å²) in [4.78, 5) is 9.56. The van der Waals surface area contributed by atoms with Crippen LogP contribution in [0.2, 0.25) is 0 Å². The van der Waals surface area contributed by atoms with Crippen molar-refractivity contribution < 1.29 is 0 Å². The lowest BCUT2D eigenvalue weighted by Crippen LogP contribution is -2.28. The van der Waals surface area contributed by atoms with E-state index in [0.29, 0.717) is 6.04 Å². The molecule has 1 aromatic carbocycles. The highest BCUT2D eigenvalue weighted by atomic mass is 15.1. The predicted octanol–water partition coefficient (Wildman–Crippen LogP) is 5.23. The Bertz CT molecular complexity index is 1180. The Kier molecular flexibility index (Phi) is 6.90. The number of hydrogen-bond acceptors (Lipinski definition) is 4. The first-order valence-corrected chi connectivity index (χ1v) is 11.5. The van der Waals surface area contributed by atoms with Gasteiger partial charge in [-0.3, -0.25) is 4.98 Å². The molecule has 5 heteroatoms. The van der Waals surface area contributed by atoms with E-state index >= 15 is 0 Å². The quantitative estimate of drug-likeness (QED) is 0.391. The second-order valence-electron chi connectivity index (χ2n) is 8.91. The van der Waals surface area contributed by atoms with Gasteiger partial charge in [-0.25, -0.2) is 4.99 Å². The Hall–Kier alpha value is -3.44. The largest absolute Gasteiger partial charge is 0.367 e. The molecule has 170 valence electrons. The molecule has 0 unspecified atom stereocenters. The maximum absolute atomic E-state index is 6.18. The maximum atomic E-state index is 6.18. The van der Waals surface area contributed by atoms with Crippen molar-refractivity contribution in [1.29, 1.82) is 0 Å². The summed E-state index contributed by atoms with van der Waals surface area (Å²) in [7, 11) is 2.04. The molecule has 1 fully saturated rings. The van der Waals surface area contributed by atoms with Crippen molar-refractivity contribution in [1.82, 2.24) is 14.9 Å². The van der Waals surface area contributed by atoms with Crippen LogP contribution in [0.1, 0.15) is 43.0 Å².